The molecule has 0 heterocycles. The van der Waals surface area contributed by atoms with E-state index in [0.29, 0.717) is 12.1 Å². The summed E-state index contributed by atoms with van der Waals surface area (Å²) in [5, 5.41) is 16.0. The number of nitrogens with zero attached hydrogens (tertiary/aromatic N) is 2. The van der Waals surface area contributed by atoms with Crippen LogP contribution in [0, 0.1) is 63.6 Å². The Morgan fingerprint density at radius 1 is 0.579 bits per heavy atom. The van der Waals surface area contributed by atoms with Crippen LogP contribution in [0.15, 0.2) is 30.3 Å². The molecule has 189 valence electrons. The third-order valence-electron chi connectivity index (χ3n) is 5.40. The van der Waals surface area contributed by atoms with E-state index in [0.717, 1.165) is 18.2 Å². The molecule has 0 aliphatic rings. The molecule has 0 bridgehead atoms. The molecule has 0 atom stereocenters. The molecule has 0 aliphatic heterocycles. The summed E-state index contributed by atoms with van der Waals surface area (Å²) in [5.74, 6) is -9.29. The van der Waals surface area contributed by atoms with E-state index in [9.17, 15) is 13.2 Å². The number of halogens is 10. The van der Waals surface area contributed by atoms with Crippen molar-refractivity contribution in [2.45, 2.75) is 0 Å². The zero-order valence-corrected chi connectivity index (χ0v) is 21.1. The SMILES string of the molecule is N#Cc1cc(F)c(-c2c(F)[c]c(-c3cc(F)c(F)c(-c4cc(Cl)c(C#N)cc4Cl)c3F)c(Cl)c2F)cc1Cl. The van der Waals surface area contributed by atoms with Gasteiger partial charge < -0.3 is 0 Å². The van der Waals surface area contributed by atoms with Crippen molar-refractivity contribution in [3.63, 3.8) is 0 Å². The quantitative estimate of drug-likeness (QED) is 0.174. The second kappa shape index (κ2) is 10.4. The van der Waals surface area contributed by atoms with Gasteiger partial charge in [-0.25, -0.2) is 26.3 Å². The molecule has 0 amide bonds. The van der Waals surface area contributed by atoms with Gasteiger partial charge in [0.1, 0.15) is 29.6 Å². The number of rotatable bonds is 3. The standard InChI is InChI=1S/C26H5Cl4F6N2/c27-15-3-13(17(29)1-9(15)7-37)22-24(34)12(6-20(33)25(22)35)11-5-19(32)21(26(36)23(11)30)14-4-16(28)10(8-38)2-18(14)31/h1-4,6H. The molecule has 4 rings (SSSR count). The molecule has 4 aromatic carbocycles. The lowest BCUT2D eigenvalue weighted by Crippen LogP contribution is -2.02. The zero-order valence-electron chi connectivity index (χ0n) is 18.1. The first-order chi connectivity index (χ1) is 17.9. The van der Waals surface area contributed by atoms with Gasteiger partial charge in [-0.05, 0) is 30.3 Å². The minimum absolute atomic E-state index is 0.135. The predicted octanol–water partition coefficient (Wildman–Crippen LogP) is 9.68. The van der Waals surface area contributed by atoms with Gasteiger partial charge in [-0.15, -0.1) is 0 Å². The van der Waals surface area contributed by atoms with E-state index in [2.05, 4.69) is 0 Å². The van der Waals surface area contributed by atoms with Crippen molar-refractivity contribution >= 4 is 46.4 Å². The van der Waals surface area contributed by atoms with Crippen LogP contribution in [0.3, 0.4) is 0 Å². The van der Waals surface area contributed by atoms with Crippen LogP contribution in [0.5, 0.6) is 0 Å². The monoisotopic (exact) mass is 599 g/mol. The van der Waals surface area contributed by atoms with Gasteiger partial charge in [-0.2, -0.15) is 10.5 Å². The van der Waals surface area contributed by atoms with Crippen LogP contribution >= 0.6 is 46.4 Å². The molecule has 0 N–H and O–H groups in total. The lowest BCUT2D eigenvalue weighted by molar-refractivity contribution is 0.500. The molecule has 38 heavy (non-hydrogen) atoms. The van der Waals surface area contributed by atoms with Crippen LogP contribution in [0.2, 0.25) is 20.1 Å². The Labute approximate surface area is 230 Å². The van der Waals surface area contributed by atoms with E-state index in [-0.39, 0.29) is 26.2 Å². The number of nitriles is 2. The van der Waals surface area contributed by atoms with Crippen molar-refractivity contribution in [3.05, 3.63) is 103 Å². The smallest absolute Gasteiger partial charge is 0.169 e. The summed E-state index contributed by atoms with van der Waals surface area (Å²) >= 11 is 23.8. The minimum atomic E-state index is -1.71. The molecule has 0 spiro atoms. The van der Waals surface area contributed by atoms with Gasteiger partial charge in [-0.3, -0.25) is 0 Å². The number of hydrogen-bond acceptors (Lipinski definition) is 2. The largest absolute Gasteiger partial charge is 0.206 e. The molecule has 12 heteroatoms. The summed E-state index contributed by atoms with van der Waals surface area (Å²) < 4.78 is 90.0. The highest BCUT2D eigenvalue weighted by Crippen LogP contribution is 2.44. The molecule has 0 aromatic heterocycles. The van der Waals surface area contributed by atoms with Crippen molar-refractivity contribution in [1.29, 1.82) is 10.5 Å². The van der Waals surface area contributed by atoms with Crippen LogP contribution in [0.25, 0.3) is 33.4 Å². The zero-order chi connectivity index (χ0) is 28.0. The van der Waals surface area contributed by atoms with E-state index in [1.54, 1.807) is 12.1 Å². The molecule has 1 radical (unpaired) electrons. The van der Waals surface area contributed by atoms with Crippen molar-refractivity contribution in [3.8, 4) is 45.5 Å². The third-order valence-corrected chi connectivity index (χ3v) is 6.70. The first-order valence-corrected chi connectivity index (χ1v) is 11.5. The predicted molar refractivity (Wildman–Crippen MR) is 131 cm³/mol. The minimum Gasteiger partial charge on any atom is -0.206 e. The van der Waals surface area contributed by atoms with Crippen molar-refractivity contribution in [1.82, 2.24) is 0 Å². The highest BCUT2D eigenvalue weighted by Gasteiger charge is 2.28. The lowest BCUT2D eigenvalue weighted by atomic mass is 9.94. The van der Waals surface area contributed by atoms with Gasteiger partial charge in [0.05, 0.1) is 42.3 Å². The Bertz CT molecular complexity index is 1760. The number of hydrogen-bond donors (Lipinski definition) is 0. The summed E-state index contributed by atoms with van der Waals surface area (Å²) in [6, 6.07) is 8.89. The molecule has 4 aromatic rings. The summed E-state index contributed by atoms with van der Waals surface area (Å²) in [7, 11) is 0. The molecule has 2 nitrogen and oxygen atoms in total. The maximum atomic E-state index is 15.6. The van der Waals surface area contributed by atoms with E-state index in [4.69, 9.17) is 56.9 Å². The Morgan fingerprint density at radius 2 is 1.16 bits per heavy atom. The average molecular weight is 601 g/mol. The van der Waals surface area contributed by atoms with Crippen LogP contribution in [-0.2, 0) is 0 Å². The summed E-state index contributed by atoms with van der Waals surface area (Å²) in [6.45, 7) is 0. The van der Waals surface area contributed by atoms with Crippen molar-refractivity contribution in [2.24, 2.45) is 0 Å². The van der Waals surface area contributed by atoms with Crippen molar-refractivity contribution in [2.75, 3.05) is 0 Å². The highest BCUT2D eigenvalue weighted by atomic mass is 35.5. The first-order valence-electron chi connectivity index (χ1n) is 9.97. The normalized spacial score (nSPS) is 10.8. The van der Waals surface area contributed by atoms with Gasteiger partial charge in [0, 0.05) is 28.3 Å². The van der Waals surface area contributed by atoms with Gasteiger partial charge >= 0.3 is 0 Å². The molecular weight excluding hydrogens is 596 g/mol. The average Bonchev–Trinajstić information content (AvgIpc) is 2.87. The topological polar surface area (TPSA) is 47.6 Å². The Morgan fingerprint density at radius 3 is 1.76 bits per heavy atom. The van der Waals surface area contributed by atoms with E-state index in [1.165, 1.54) is 0 Å². The Balaban J connectivity index is 1.99. The second-order valence-electron chi connectivity index (χ2n) is 7.57. The van der Waals surface area contributed by atoms with Crippen LogP contribution < -0.4 is 0 Å². The van der Waals surface area contributed by atoms with Gasteiger partial charge in [0.15, 0.2) is 17.5 Å². The summed E-state index contributed by atoms with van der Waals surface area (Å²) in [6.07, 6.45) is 0. The molecule has 0 saturated carbocycles. The molecule has 0 fully saturated rings. The maximum absolute atomic E-state index is 15.6. The molecule has 0 aliphatic carbocycles. The summed E-state index contributed by atoms with van der Waals surface area (Å²) in [4.78, 5) is 0. The van der Waals surface area contributed by atoms with Gasteiger partial charge in [-0.1, -0.05) is 46.4 Å². The Kier molecular flexibility index (Phi) is 7.56. The third kappa shape index (κ3) is 4.55. The van der Waals surface area contributed by atoms with Gasteiger partial charge in [0.2, 0.25) is 0 Å². The van der Waals surface area contributed by atoms with E-state index in [1.807, 2.05) is 6.07 Å². The molecule has 0 unspecified atom stereocenters. The number of benzene rings is 4. The Hall–Kier alpha value is -3.40. The molecular formula is C26H5Cl4F6N2. The maximum Gasteiger partial charge on any atom is 0.169 e. The molecule has 0 saturated heterocycles. The van der Waals surface area contributed by atoms with Gasteiger partial charge in [0.25, 0.3) is 0 Å². The van der Waals surface area contributed by atoms with E-state index < -0.39 is 73.3 Å². The highest BCUT2D eigenvalue weighted by molar-refractivity contribution is 6.36. The fraction of sp³-hybridized carbons (Fsp3) is 0. The fourth-order valence-corrected chi connectivity index (χ4v) is 4.55. The second-order valence-corrected chi connectivity index (χ2v) is 9.17. The lowest BCUT2D eigenvalue weighted by Gasteiger charge is -2.16. The van der Waals surface area contributed by atoms with E-state index >= 15 is 13.2 Å². The van der Waals surface area contributed by atoms with Crippen molar-refractivity contribution < 1.29 is 26.3 Å². The van der Waals surface area contributed by atoms with Crippen LogP contribution in [0.1, 0.15) is 11.1 Å². The summed E-state index contributed by atoms with van der Waals surface area (Å²) in [5.41, 5.74) is -5.51. The van der Waals surface area contributed by atoms with Crippen LogP contribution in [-0.4, -0.2) is 0 Å². The fourth-order valence-electron chi connectivity index (χ4n) is 3.64. The first kappa shape index (κ1) is 27.6. The van der Waals surface area contributed by atoms with Crippen LogP contribution in [0.4, 0.5) is 26.3 Å².